The standard InChI is InChI=1S/C19H20FN3O2/c1-22(2)8-9-23(13-15-5-3-4-14(10-15)12-21)19(25)17-7-6-16(20)11-18(17)24/h3-7,10-11,24H,8-9,13H2,1-2H3. The molecule has 2 aromatic carbocycles. The van der Waals surface area contributed by atoms with Crippen molar-refractivity contribution in [1.29, 1.82) is 5.26 Å². The first-order valence-electron chi connectivity index (χ1n) is 7.82. The molecule has 0 aromatic heterocycles. The Hall–Kier alpha value is -2.91. The molecule has 0 unspecified atom stereocenters. The quantitative estimate of drug-likeness (QED) is 0.877. The minimum absolute atomic E-state index is 0.0524. The second-order valence-corrected chi connectivity index (χ2v) is 6.00. The molecule has 0 spiro atoms. The van der Waals surface area contributed by atoms with Crippen LogP contribution in [0.15, 0.2) is 42.5 Å². The maximum Gasteiger partial charge on any atom is 0.257 e. The third-order valence-electron chi connectivity index (χ3n) is 3.72. The zero-order chi connectivity index (χ0) is 18.4. The zero-order valence-electron chi connectivity index (χ0n) is 14.2. The van der Waals surface area contributed by atoms with Crippen molar-refractivity contribution < 1.29 is 14.3 Å². The summed E-state index contributed by atoms with van der Waals surface area (Å²) in [5.41, 5.74) is 1.38. The Morgan fingerprint density at radius 3 is 2.60 bits per heavy atom. The third-order valence-corrected chi connectivity index (χ3v) is 3.72. The molecule has 25 heavy (non-hydrogen) atoms. The van der Waals surface area contributed by atoms with E-state index in [1.165, 1.54) is 6.07 Å². The molecule has 0 aliphatic carbocycles. The molecule has 0 radical (unpaired) electrons. The van der Waals surface area contributed by atoms with Crippen LogP contribution >= 0.6 is 0 Å². The first-order chi connectivity index (χ1) is 11.9. The van der Waals surface area contributed by atoms with Gasteiger partial charge in [-0.25, -0.2) is 4.39 Å². The van der Waals surface area contributed by atoms with Crippen LogP contribution in [0, 0.1) is 17.1 Å². The van der Waals surface area contributed by atoms with E-state index >= 15 is 0 Å². The molecular formula is C19H20FN3O2. The van der Waals surface area contributed by atoms with Gasteiger partial charge in [-0.1, -0.05) is 12.1 Å². The lowest BCUT2D eigenvalue weighted by molar-refractivity contribution is 0.0729. The van der Waals surface area contributed by atoms with Gasteiger partial charge in [0.05, 0.1) is 17.2 Å². The van der Waals surface area contributed by atoms with Gasteiger partial charge in [-0.2, -0.15) is 5.26 Å². The van der Waals surface area contributed by atoms with Crippen LogP contribution < -0.4 is 0 Å². The maximum absolute atomic E-state index is 13.2. The number of hydrogen-bond acceptors (Lipinski definition) is 4. The van der Waals surface area contributed by atoms with Gasteiger partial charge >= 0.3 is 0 Å². The van der Waals surface area contributed by atoms with E-state index in [1.807, 2.05) is 25.1 Å². The zero-order valence-corrected chi connectivity index (χ0v) is 14.2. The van der Waals surface area contributed by atoms with Crippen LogP contribution in [0.3, 0.4) is 0 Å². The Morgan fingerprint density at radius 2 is 1.96 bits per heavy atom. The van der Waals surface area contributed by atoms with Crippen molar-refractivity contribution in [3.05, 3.63) is 65.0 Å². The molecule has 0 saturated heterocycles. The number of phenolic OH excluding ortho intramolecular Hbond substituents is 1. The fraction of sp³-hybridized carbons (Fsp3) is 0.263. The molecule has 1 N–H and O–H groups in total. The van der Waals surface area contributed by atoms with Crippen LogP contribution in [0.5, 0.6) is 5.75 Å². The molecule has 2 rings (SSSR count). The average molecular weight is 341 g/mol. The summed E-state index contributed by atoms with van der Waals surface area (Å²) in [6.07, 6.45) is 0. The molecule has 0 bridgehead atoms. The smallest absolute Gasteiger partial charge is 0.257 e. The van der Waals surface area contributed by atoms with Crippen molar-refractivity contribution in [2.45, 2.75) is 6.54 Å². The highest BCUT2D eigenvalue weighted by atomic mass is 19.1. The van der Waals surface area contributed by atoms with Crippen molar-refractivity contribution in [2.75, 3.05) is 27.2 Å². The lowest BCUT2D eigenvalue weighted by Crippen LogP contribution is -2.36. The van der Waals surface area contributed by atoms with E-state index in [1.54, 1.807) is 23.1 Å². The summed E-state index contributed by atoms with van der Waals surface area (Å²) in [6.45, 7) is 1.35. The van der Waals surface area contributed by atoms with Crippen LogP contribution in [-0.4, -0.2) is 48.0 Å². The number of likely N-dealkylation sites (N-methyl/N-ethyl adjacent to an activating group) is 1. The lowest BCUT2D eigenvalue weighted by atomic mass is 10.1. The molecule has 0 saturated carbocycles. The predicted molar refractivity (Wildman–Crippen MR) is 92.5 cm³/mol. The SMILES string of the molecule is CN(C)CCN(Cc1cccc(C#N)c1)C(=O)c1ccc(F)cc1O. The summed E-state index contributed by atoms with van der Waals surface area (Å²) in [4.78, 5) is 16.3. The van der Waals surface area contributed by atoms with E-state index in [0.29, 0.717) is 25.2 Å². The van der Waals surface area contributed by atoms with Crippen molar-refractivity contribution in [3.8, 4) is 11.8 Å². The number of phenols is 1. The number of rotatable bonds is 6. The van der Waals surface area contributed by atoms with E-state index in [0.717, 1.165) is 17.7 Å². The minimum Gasteiger partial charge on any atom is -0.507 e. The number of carbonyl (C=O) groups excluding carboxylic acids is 1. The largest absolute Gasteiger partial charge is 0.507 e. The van der Waals surface area contributed by atoms with Crippen molar-refractivity contribution in [1.82, 2.24) is 9.80 Å². The number of amides is 1. The van der Waals surface area contributed by atoms with Gasteiger partial charge in [0, 0.05) is 25.7 Å². The van der Waals surface area contributed by atoms with E-state index in [4.69, 9.17) is 5.26 Å². The Balaban J connectivity index is 2.28. The predicted octanol–water partition coefficient (Wildman–Crippen LogP) is 2.61. The first-order valence-corrected chi connectivity index (χ1v) is 7.82. The molecule has 6 heteroatoms. The fourth-order valence-corrected chi connectivity index (χ4v) is 2.39. The molecule has 0 aliphatic rings. The molecule has 1 amide bonds. The van der Waals surface area contributed by atoms with Crippen molar-refractivity contribution >= 4 is 5.91 Å². The average Bonchev–Trinajstić information content (AvgIpc) is 2.58. The highest BCUT2D eigenvalue weighted by Gasteiger charge is 2.20. The van der Waals surface area contributed by atoms with Crippen LogP contribution in [0.2, 0.25) is 0 Å². The summed E-state index contributed by atoms with van der Waals surface area (Å²) in [6, 6.07) is 12.4. The highest BCUT2D eigenvalue weighted by molar-refractivity contribution is 5.96. The number of halogens is 1. The van der Waals surface area contributed by atoms with E-state index in [-0.39, 0.29) is 17.2 Å². The summed E-state index contributed by atoms with van der Waals surface area (Å²) in [5, 5.41) is 18.9. The number of aromatic hydroxyl groups is 1. The van der Waals surface area contributed by atoms with Gasteiger partial charge in [-0.05, 0) is 43.9 Å². The minimum atomic E-state index is -0.601. The van der Waals surface area contributed by atoms with Gasteiger partial charge in [0.2, 0.25) is 0 Å². The Bertz CT molecular complexity index is 799. The molecule has 0 atom stereocenters. The lowest BCUT2D eigenvalue weighted by Gasteiger charge is -2.25. The van der Waals surface area contributed by atoms with Crippen molar-refractivity contribution in [3.63, 3.8) is 0 Å². The molecule has 0 heterocycles. The second kappa shape index (κ2) is 8.27. The van der Waals surface area contributed by atoms with E-state index < -0.39 is 5.82 Å². The number of nitrogens with zero attached hydrogens (tertiary/aromatic N) is 3. The van der Waals surface area contributed by atoms with Crippen LogP contribution in [-0.2, 0) is 6.54 Å². The molecule has 0 fully saturated rings. The van der Waals surface area contributed by atoms with Crippen LogP contribution in [0.25, 0.3) is 0 Å². The highest BCUT2D eigenvalue weighted by Crippen LogP contribution is 2.21. The number of benzene rings is 2. The fourth-order valence-electron chi connectivity index (χ4n) is 2.39. The first kappa shape index (κ1) is 18.4. The van der Waals surface area contributed by atoms with Gasteiger partial charge in [-0.3, -0.25) is 4.79 Å². The van der Waals surface area contributed by atoms with Gasteiger partial charge in [-0.15, -0.1) is 0 Å². The number of carbonyl (C=O) groups is 1. The number of nitriles is 1. The van der Waals surface area contributed by atoms with Crippen LogP contribution in [0.1, 0.15) is 21.5 Å². The van der Waals surface area contributed by atoms with Gasteiger partial charge < -0.3 is 14.9 Å². The van der Waals surface area contributed by atoms with E-state index in [9.17, 15) is 14.3 Å². The maximum atomic E-state index is 13.2. The molecule has 5 nitrogen and oxygen atoms in total. The Kier molecular flexibility index (Phi) is 6.09. The molecule has 2 aromatic rings. The topological polar surface area (TPSA) is 67.6 Å². The Labute approximate surface area is 146 Å². The van der Waals surface area contributed by atoms with Gasteiger partial charge in [0.25, 0.3) is 5.91 Å². The monoisotopic (exact) mass is 341 g/mol. The Morgan fingerprint density at radius 1 is 1.20 bits per heavy atom. The third kappa shape index (κ3) is 5.03. The summed E-state index contributed by atoms with van der Waals surface area (Å²) in [5.74, 6) is -1.37. The molecule has 130 valence electrons. The molecule has 0 aliphatic heterocycles. The second-order valence-electron chi connectivity index (χ2n) is 6.00. The van der Waals surface area contributed by atoms with E-state index in [2.05, 4.69) is 6.07 Å². The number of hydrogen-bond donors (Lipinski definition) is 1. The van der Waals surface area contributed by atoms with Gasteiger partial charge in [0.1, 0.15) is 11.6 Å². The van der Waals surface area contributed by atoms with Gasteiger partial charge in [0.15, 0.2) is 0 Å². The summed E-state index contributed by atoms with van der Waals surface area (Å²) < 4.78 is 13.2. The molecular weight excluding hydrogens is 321 g/mol. The summed E-state index contributed by atoms with van der Waals surface area (Å²) >= 11 is 0. The summed E-state index contributed by atoms with van der Waals surface area (Å²) in [7, 11) is 3.79. The normalized spacial score (nSPS) is 10.5. The van der Waals surface area contributed by atoms with Crippen molar-refractivity contribution in [2.24, 2.45) is 0 Å². The van der Waals surface area contributed by atoms with Crippen LogP contribution in [0.4, 0.5) is 4.39 Å².